The quantitative estimate of drug-likeness (QED) is 0.334. The minimum absolute atomic E-state index is 0. The molecule has 1 rings (SSSR count). The van der Waals surface area contributed by atoms with E-state index in [4.69, 9.17) is 10.5 Å². The highest BCUT2D eigenvalue weighted by Gasteiger charge is 2.01. The molecule has 6 heteroatoms. The summed E-state index contributed by atoms with van der Waals surface area (Å²) in [4.78, 5) is 6.29. The summed E-state index contributed by atoms with van der Waals surface area (Å²) in [6, 6.07) is 5.99. The second-order valence-electron chi connectivity index (χ2n) is 4.07. The number of rotatable bonds is 7. The van der Waals surface area contributed by atoms with E-state index in [1.165, 1.54) is 12.1 Å². The van der Waals surface area contributed by atoms with Gasteiger partial charge in [-0.2, -0.15) is 0 Å². The maximum atomic E-state index is 12.7. The van der Waals surface area contributed by atoms with E-state index < -0.39 is 0 Å². The van der Waals surface area contributed by atoms with Gasteiger partial charge < -0.3 is 15.4 Å². The molecule has 0 aliphatic heterocycles. The lowest BCUT2D eigenvalue weighted by molar-refractivity contribution is 0.312. The molecule has 0 saturated carbocycles. The van der Waals surface area contributed by atoms with Crippen molar-refractivity contribution >= 4 is 29.9 Å². The van der Waals surface area contributed by atoms with Crippen LogP contribution < -0.4 is 10.5 Å². The van der Waals surface area contributed by atoms with E-state index in [0.717, 1.165) is 19.5 Å². The van der Waals surface area contributed by atoms with Gasteiger partial charge in [0.1, 0.15) is 11.6 Å². The molecule has 0 aromatic heterocycles. The third kappa shape index (κ3) is 6.93. The van der Waals surface area contributed by atoms with Crippen molar-refractivity contribution < 1.29 is 9.13 Å². The fourth-order valence-corrected chi connectivity index (χ4v) is 1.63. The number of aliphatic imine (C=N–C) groups is 1. The van der Waals surface area contributed by atoms with Crippen LogP contribution in [0.4, 0.5) is 4.39 Å². The third-order valence-electron chi connectivity index (χ3n) is 2.75. The second kappa shape index (κ2) is 10.7. The van der Waals surface area contributed by atoms with E-state index in [2.05, 4.69) is 4.99 Å². The van der Waals surface area contributed by atoms with Gasteiger partial charge in [0, 0.05) is 26.1 Å². The summed E-state index contributed by atoms with van der Waals surface area (Å²) in [5.41, 5.74) is 5.84. The molecule has 0 amide bonds. The molecule has 0 saturated heterocycles. The number of hydrogen-bond donors (Lipinski definition) is 1. The van der Waals surface area contributed by atoms with Crippen LogP contribution in [-0.4, -0.2) is 37.1 Å². The highest BCUT2D eigenvalue weighted by atomic mass is 127. The van der Waals surface area contributed by atoms with E-state index in [-0.39, 0.29) is 29.8 Å². The molecule has 0 aliphatic rings. The molecular formula is C14H23FIN3O. The first-order chi connectivity index (χ1) is 9.17. The molecule has 0 fully saturated rings. The van der Waals surface area contributed by atoms with Crippen molar-refractivity contribution in [2.75, 3.05) is 26.2 Å². The molecule has 1 aromatic rings. The number of halogens is 2. The Morgan fingerprint density at radius 3 is 2.40 bits per heavy atom. The molecule has 0 unspecified atom stereocenters. The molecule has 0 heterocycles. The van der Waals surface area contributed by atoms with Crippen molar-refractivity contribution in [2.24, 2.45) is 10.7 Å². The molecule has 114 valence electrons. The zero-order chi connectivity index (χ0) is 14.1. The summed E-state index contributed by atoms with van der Waals surface area (Å²) < 4.78 is 18.1. The predicted octanol–water partition coefficient (Wildman–Crippen LogP) is 2.87. The Bertz CT molecular complexity index is 394. The average Bonchev–Trinajstić information content (AvgIpc) is 2.42. The first kappa shape index (κ1) is 18.9. The van der Waals surface area contributed by atoms with Gasteiger partial charge in [-0.05, 0) is 38.1 Å². The Kier molecular flexibility index (Phi) is 10.1. The molecule has 0 radical (unpaired) electrons. The number of ether oxygens (including phenoxy) is 1. The number of hydrogen-bond acceptors (Lipinski definition) is 2. The van der Waals surface area contributed by atoms with Crippen LogP contribution in [0.1, 0.15) is 20.3 Å². The van der Waals surface area contributed by atoms with Crippen LogP contribution in [0.5, 0.6) is 5.75 Å². The Morgan fingerprint density at radius 2 is 1.85 bits per heavy atom. The molecule has 0 bridgehead atoms. The average molecular weight is 395 g/mol. The van der Waals surface area contributed by atoms with Crippen molar-refractivity contribution in [3.63, 3.8) is 0 Å². The number of nitrogens with zero attached hydrogens (tertiary/aromatic N) is 2. The van der Waals surface area contributed by atoms with Gasteiger partial charge in [-0.15, -0.1) is 24.0 Å². The van der Waals surface area contributed by atoms with Crippen molar-refractivity contribution in [1.82, 2.24) is 4.90 Å². The van der Waals surface area contributed by atoms with Crippen LogP contribution in [-0.2, 0) is 0 Å². The monoisotopic (exact) mass is 395 g/mol. The van der Waals surface area contributed by atoms with E-state index in [1.807, 2.05) is 18.7 Å². The molecule has 4 nitrogen and oxygen atoms in total. The molecule has 2 N–H and O–H groups in total. The maximum absolute atomic E-state index is 12.7. The van der Waals surface area contributed by atoms with Gasteiger partial charge in [-0.3, -0.25) is 4.99 Å². The fraction of sp³-hybridized carbons (Fsp3) is 0.500. The van der Waals surface area contributed by atoms with Gasteiger partial charge in [-0.25, -0.2) is 4.39 Å². The first-order valence-electron chi connectivity index (χ1n) is 6.60. The first-order valence-corrected chi connectivity index (χ1v) is 6.60. The summed E-state index contributed by atoms with van der Waals surface area (Å²) in [5, 5.41) is 0. The van der Waals surface area contributed by atoms with Crippen LogP contribution in [0.3, 0.4) is 0 Å². The smallest absolute Gasteiger partial charge is 0.191 e. The summed E-state index contributed by atoms with van der Waals surface area (Å²) >= 11 is 0. The summed E-state index contributed by atoms with van der Waals surface area (Å²) in [6.07, 6.45) is 0.777. The van der Waals surface area contributed by atoms with Gasteiger partial charge in [0.25, 0.3) is 0 Å². The predicted molar refractivity (Wildman–Crippen MR) is 91.3 cm³/mol. The van der Waals surface area contributed by atoms with E-state index in [0.29, 0.717) is 24.9 Å². The summed E-state index contributed by atoms with van der Waals surface area (Å²) in [6.45, 7) is 6.98. The SMILES string of the molecule is CCN(CC)C(N)=NCCCOc1ccc(F)cc1.I. The molecule has 20 heavy (non-hydrogen) atoms. The minimum atomic E-state index is -0.260. The van der Waals surface area contributed by atoms with E-state index >= 15 is 0 Å². The van der Waals surface area contributed by atoms with Gasteiger partial charge in [0.15, 0.2) is 5.96 Å². The van der Waals surface area contributed by atoms with E-state index in [1.54, 1.807) is 12.1 Å². The zero-order valence-electron chi connectivity index (χ0n) is 12.0. The lowest BCUT2D eigenvalue weighted by atomic mass is 10.3. The number of guanidine groups is 1. The zero-order valence-corrected chi connectivity index (χ0v) is 14.3. The Hall–Kier alpha value is -1.05. The number of nitrogens with two attached hydrogens (primary N) is 1. The molecule has 1 aromatic carbocycles. The molecule has 0 atom stereocenters. The Morgan fingerprint density at radius 1 is 1.25 bits per heavy atom. The third-order valence-corrected chi connectivity index (χ3v) is 2.75. The van der Waals surface area contributed by atoms with Gasteiger partial charge >= 0.3 is 0 Å². The van der Waals surface area contributed by atoms with Crippen LogP contribution in [0.2, 0.25) is 0 Å². The van der Waals surface area contributed by atoms with Crippen molar-refractivity contribution in [2.45, 2.75) is 20.3 Å². The van der Waals surface area contributed by atoms with Crippen LogP contribution in [0, 0.1) is 5.82 Å². The topological polar surface area (TPSA) is 50.8 Å². The molecular weight excluding hydrogens is 372 g/mol. The van der Waals surface area contributed by atoms with Crippen molar-refractivity contribution in [3.8, 4) is 5.75 Å². The van der Waals surface area contributed by atoms with Crippen molar-refractivity contribution in [3.05, 3.63) is 30.1 Å². The van der Waals surface area contributed by atoms with Gasteiger partial charge in [0.05, 0.1) is 6.61 Å². The number of benzene rings is 1. The lowest BCUT2D eigenvalue weighted by Crippen LogP contribution is -2.37. The van der Waals surface area contributed by atoms with Crippen molar-refractivity contribution in [1.29, 1.82) is 0 Å². The normalized spacial score (nSPS) is 10.8. The van der Waals surface area contributed by atoms with Crippen LogP contribution >= 0.6 is 24.0 Å². The minimum Gasteiger partial charge on any atom is -0.494 e. The summed E-state index contributed by atoms with van der Waals surface area (Å²) in [5.74, 6) is 0.984. The Labute approximate surface area is 137 Å². The van der Waals surface area contributed by atoms with Crippen LogP contribution in [0.15, 0.2) is 29.3 Å². The van der Waals surface area contributed by atoms with Gasteiger partial charge in [0.2, 0.25) is 0 Å². The largest absolute Gasteiger partial charge is 0.494 e. The Balaban J connectivity index is 0.00000361. The fourth-order valence-electron chi connectivity index (χ4n) is 1.63. The van der Waals surface area contributed by atoms with E-state index in [9.17, 15) is 4.39 Å². The van der Waals surface area contributed by atoms with Crippen LogP contribution in [0.25, 0.3) is 0 Å². The maximum Gasteiger partial charge on any atom is 0.191 e. The summed E-state index contributed by atoms with van der Waals surface area (Å²) in [7, 11) is 0. The second-order valence-corrected chi connectivity index (χ2v) is 4.07. The van der Waals surface area contributed by atoms with Gasteiger partial charge in [-0.1, -0.05) is 0 Å². The highest BCUT2D eigenvalue weighted by Crippen LogP contribution is 2.11. The standard InChI is InChI=1S/C14H22FN3O.HI/c1-3-18(4-2)14(16)17-10-5-11-19-13-8-6-12(15)7-9-13;/h6-9H,3-5,10-11H2,1-2H3,(H2,16,17);1H. The highest BCUT2D eigenvalue weighted by molar-refractivity contribution is 14.0. The molecule has 0 aliphatic carbocycles. The molecule has 0 spiro atoms. The lowest BCUT2D eigenvalue weighted by Gasteiger charge is -2.19.